The Morgan fingerprint density at radius 3 is 2.74 bits per heavy atom. The van der Waals surface area contributed by atoms with Gasteiger partial charge in [-0.05, 0) is 12.3 Å². The molecule has 0 aliphatic heterocycles. The zero-order chi connectivity index (χ0) is 14.3. The molecule has 0 saturated heterocycles. The Kier molecular flexibility index (Phi) is 6.42. The van der Waals surface area contributed by atoms with Crippen LogP contribution in [0.4, 0.5) is 15.8 Å². The molecule has 108 valence electrons. The van der Waals surface area contributed by atoms with Crippen LogP contribution in [0.3, 0.4) is 0 Å². The number of nitrogens with two attached hydrogens (primary N) is 1. The number of nitrogens with one attached hydrogen (secondary N) is 1. The fourth-order valence-corrected chi connectivity index (χ4v) is 1.60. The smallest absolute Gasteiger partial charge is 0.148 e. The van der Waals surface area contributed by atoms with Crippen molar-refractivity contribution in [3.8, 4) is 5.75 Å². The van der Waals surface area contributed by atoms with Crippen molar-refractivity contribution in [3.05, 3.63) is 17.9 Å². The van der Waals surface area contributed by atoms with E-state index in [1.165, 1.54) is 13.2 Å². The summed E-state index contributed by atoms with van der Waals surface area (Å²) < 4.78 is 24.1. The van der Waals surface area contributed by atoms with Gasteiger partial charge in [0.05, 0.1) is 18.5 Å². The van der Waals surface area contributed by atoms with Crippen LogP contribution in [0.15, 0.2) is 12.1 Å². The van der Waals surface area contributed by atoms with Gasteiger partial charge in [-0.15, -0.1) is 0 Å². The van der Waals surface area contributed by atoms with Crippen molar-refractivity contribution in [2.45, 2.75) is 20.3 Å². The Morgan fingerprint density at radius 2 is 2.11 bits per heavy atom. The minimum atomic E-state index is -0.374. The number of ether oxygens (including phenoxy) is 2. The molecule has 0 aliphatic carbocycles. The van der Waals surface area contributed by atoms with Crippen molar-refractivity contribution in [1.82, 2.24) is 0 Å². The zero-order valence-electron chi connectivity index (χ0n) is 11.8. The van der Waals surface area contributed by atoms with Crippen LogP contribution < -0.4 is 15.8 Å². The SMILES string of the molecule is COc1cc(NCCCOCC(C)C)c(F)cc1N. The van der Waals surface area contributed by atoms with Crippen LogP contribution >= 0.6 is 0 Å². The lowest BCUT2D eigenvalue weighted by molar-refractivity contribution is 0.110. The Balaban J connectivity index is 2.37. The molecule has 0 fully saturated rings. The summed E-state index contributed by atoms with van der Waals surface area (Å²) in [5.41, 5.74) is 6.31. The minimum Gasteiger partial charge on any atom is -0.495 e. The highest BCUT2D eigenvalue weighted by Gasteiger charge is 2.07. The average Bonchev–Trinajstić information content (AvgIpc) is 2.35. The van der Waals surface area contributed by atoms with Crippen molar-refractivity contribution in [2.75, 3.05) is 37.9 Å². The predicted octanol–water partition coefficient (Wildman–Crippen LogP) is 2.89. The van der Waals surface area contributed by atoms with Gasteiger partial charge in [-0.1, -0.05) is 13.8 Å². The van der Waals surface area contributed by atoms with Gasteiger partial charge in [0.25, 0.3) is 0 Å². The van der Waals surface area contributed by atoms with Gasteiger partial charge in [-0.2, -0.15) is 0 Å². The second-order valence-corrected chi connectivity index (χ2v) is 4.82. The van der Waals surface area contributed by atoms with Crippen molar-refractivity contribution < 1.29 is 13.9 Å². The highest BCUT2D eigenvalue weighted by Crippen LogP contribution is 2.28. The quantitative estimate of drug-likeness (QED) is 0.563. The highest BCUT2D eigenvalue weighted by atomic mass is 19.1. The molecule has 0 aliphatic rings. The molecule has 0 unspecified atom stereocenters. The van der Waals surface area contributed by atoms with E-state index in [2.05, 4.69) is 19.2 Å². The Morgan fingerprint density at radius 1 is 1.37 bits per heavy atom. The molecule has 19 heavy (non-hydrogen) atoms. The van der Waals surface area contributed by atoms with Gasteiger partial charge in [0, 0.05) is 31.9 Å². The third-order valence-electron chi connectivity index (χ3n) is 2.55. The lowest BCUT2D eigenvalue weighted by atomic mass is 10.2. The topological polar surface area (TPSA) is 56.5 Å². The number of rotatable bonds is 8. The molecule has 0 spiro atoms. The van der Waals surface area contributed by atoms with Crippen LogP contribution in [0, 0.1) is 11.7 Å². The number of hydrogen-bond acceptors (Lipinski definition) is 4. The van der Waals surface area contributed by atoms with E-state index in [1.807, 2.05) is 0 Å². The summed E-state index contributed by atoms with van der Waals surface area (Å²) in [6, 6.07) is 2.83. The second kappa shape index (κ2) is 7.84. The Bertz CT molecular complexity index is 397. The molecule has 0 amide bonds. The molecule has 1 aromatic carbocycles. The van der Waals surface area contributed by atoms with E-state index in [4.69, 9.17) is 15.2 Å². The van der Waals surface area contributed by atoms with E-state index < -0.39 is 0 Å². The lowest BCUT2D eigenvalue weighted by Gasteiger charge is -2.11. The first kappa shape index (κ1) is 15.6. The maximum Gasteiger partial charge on any atom is 0.148 e. The molecule has 0 saturated carbocycles. The maximum absolute atomic E-state index is 13.6. The van der Waals surface area contributed by atoms with Gasteiger partial charge in [-0.25, -0.2) is 4.39 Å². The molecule has 0 radical (unpaired) electrons. The molecule has 4 nitrogen and oxygen atoms in total. The molecule has 1 rings (SSSR count). The largest absolute Gasteiger partial charge is 0.495 e. The average molecular weight is 270 g/mol. The fourth-order valence-electron chi connectivity index (χ4n) is 1.60. The summed E-state index contributed by atoms with van der Waals surface area (Å²) in [5.74, 6) is 0.633. The van der Waals surface area contributed by atoms with Crippen LogP contribution in [0.1, 0.15) is 20.3 Å². The normalized spacial score (nSPS) is 10.8. The van der Waals surface area contributed by atoms with Gasteiger partial charge in [-0.3, -0.25) is 0 Å². The van der Waals surface area contributed by atoms with Crippen LogP contribution in [-0.2, 0) is 4.74 Å². The van der Waals surface area contributed by atoms with Crippen molar-refractivity contribution in [2.24, 2.45) is 5.92 Å². The molecule has 5 heteroatoms. The lowest BCUT2D eigenvalue weighted by Crippen LogP contribution is -2.09. The van der Waals surface area contributed by atoms with Gasteiger partial charge in [0.1, 0.15) is 11.6 Å². The summed E-state index contributed by atoms with van der Waals surface area (Å²) in [7, 11) is 1.51. The van der Waals surface area contributed by atoms with E-state index in [-0.39, 0.29) is 5.82 Å². The van der Waals surface area contributed by atoms with Crippen LogP contribution in [0.25, 0.3) is 0 Å². The number of hydrogen-bond donors (Lipinski definition) is 2. The molecule has 0 aromatic heterocycles. The number of halogens is 1. The Labute approximate surface area is 114 Å². The standard InChI is InChI=1S/C14H23FN2O2/c1-10(2)9-19-6-4-5-17-13-8-14(18-3)12(16)7-11(13)15/h7-8,10,17H,4-6,9,16H2,1-3H3. The van der Waals surface area contributed by atoms with Crippen molar-refractivity contribution >= 4 is 11.4 Å². The molecule has 1 aromatic rings. The van der Waals surface area contributed by atoms with Gasteiger partial charge < -0.3 is 20.5 Å². The fraction of sp³-hybridized carbons (Fsp3) is 0.571. The molecular formula is C14H23FN2O2. The highest BCUT2D eigenvalue weighted by molar-refractivity contribution is 5.62. The van der Waals surface area contributed by atoms with E-state index in [0.29, 0.717) is 36.2 Å². The van der Waals surface area contributed by atoms with E-state index in [0.717, 1.165) is 13.0 Å². The third-order valence-corrected chi connectivity index (χ3v) is 2.55. The number of nitrogen functional groups attached to an aromatic ring is 1. The molecule has 0 bridgehead atoms. The minimum absolute atomic E-state index is 0.297. The number of benzene rings is 1. The summed E-state index contributed by atoms with van der Waals surface area (Å²) in [6.45, 7) is 6.27. The molecular weight excluding hydrogens is 247 g/mol. The van der Waals surface area contributed by atoms with E-state index >= 15 is 0 Å². The number of anilines is 2. The van der Waals surface area contributed by atoms with Gasteiger partial charge in [0.15, 0.2) is 0 Å². The first-order chi connectivity index (χ1) is 9.04. The zero-order valence-corrected chi connectivity index (χ0v) is 11.8. The Hall–Kier alpha value is -1.49. The first-order valence-electron chi connectivity index (χ1n) is 6.49. The van der Waals surface area contributed by atoms with Crippen molar-refractivity contribution in [3.63, 3.8) is 0 Å². The second-order valence-electron chi connectivity index (χ2n) is 4.82. The third kappa shape index (κ3) is 5.34. The van der Waals surface area contributed by atoms with Gasteiger partial charge in [0.2, 0.25) is 0 Å². The maximum atomic E-state index is 13.6. The summed E-state index contributed by atoms with van der Waals surface area (Å²) >= 11 is 0. The summed E-state index contributed by atoms with van der Waals surface area (Å²) in [5, 5.41) is 3.01. The van der Waals surface area contributed by atoms with Crippen LogP contribution in [0.2, 0.25) is 0 Å². The monoisotopic (exact) mass is 270 g/mol. The van der Waals surface area contributed by atoms with Crippen molar-refractivity contribution in [1.29, 1.82) is 0 Å². The van der Waals surface area contributed by atoms with E-state index in [9.17, 15) is 4.39 Å². The summed E-state index contributed by atoms with van der Waals surface area (Å²) in [4.78, 5) is 0. The van der Waals surface area contributed by atoms with Gasteiger partial charge >= 0.3 is 0 Å². The molecule has 0 heterocycles. The number of methoxy groups -OCH3 is 1. The van der Waals surface area contributed by atoms with Crippen LogP contribution in [0.5, 0.6) is 5.75 Å². The molecule has 0 atom stereocenters. The summed E-state index contributed by atoms with van der Waals surface area (Å²) in [6.07, 6.45) is 0.818. The molecule has 3 N–H and O–H groups in total. The van der Waals surface area contributed by atoms with E-state index in [1.54, 1.807) is 6.07 Å². The first-order valence-corrected chi connectivity index (χ1v) is 6.49. The predicted molar refractivity (Wildman–Crippen MR) is 76.1 cm³/mol. The van der Waals surface area contributed by atoms with Crippen LogP contribution in [-0.4, -0.2) is 26.9 Å².